The summed E-state index contributed by atoms with van der Waals surface area (Å²) in [6.45, 7) is 5.01. The molecule has 1 atom stereocenters. The molecule has 0 aromatic heterocycles. The van der Waals surface area contributed by atoms with Gasteiger partial charge in [0.05, 0.1) is 5.41 Å². The summed E-state index contributed by atoms with van der Waals surface area (Å²) in [5, 5.41) is 0. The van der Waals surface area contributed by atoms with Crippen molar-refractivity contribution in [3.8, 4) is 0 Å². The van der Waals surface area contributed by atoms with Gasteiger partial charge in [-0.05, 0) is 31.1 Å². The molecule has 2 aromatic carbocycles. The maximum Gasteiger partial charge on any atom is 0.147 e. The second kappa shape index (κ2) is 10.3. The molecule has 0 radical (unpaired) electrons. The molecule has 0 bridgehead atoms. The van der Waals surface area contributed by atoms with Gasteiger partial charge in [0.25, 0.3) is 0 Å². The van der Waals surface area contributed by atoms with Crippen LogP contribution in [0.2, 0.25) is 0 Å². The molecule has 4 heteroatoms. The third kappa shape index (κ3) is 4.69. The molecule has 2 N–H and O–H groups in total. The minimum absolute atomic E-state index is 0. The largest absolute Gasteiger partial charge is 0.412 e. The van der Waals surface area contributed by atoms with Crippen LogP contribution in [-0.2, 0) is 10.2 Å². The average Bonchev–Trinajstić information content (AvgIpc) is 2.56. The maximum atomic E-state index is 13.2. The summed E-state index contributed by atoms with van der Waals surface area (Å²) in [5.41, 5.74) is 1.58. The second-order valence-corrected chi connectivity index (χ2v) is 6.48. The van der Waals surface area contributed by atoms with Gasteiger partial charge < -0.3 is 10.4 Å². The molecule has 0 saturated carbocycles. The standard InChI is InChI=1S/C21H27NO.ClH.H2O/c1-5-20(23)21(17(2)16-22(3)4,18-12-8-6-9-13-18)19-14-10-7-11-15-19;;/h6-15,17H,5,16H2,1-4H3;1H;1H2/t17-;;/m0../s1. The van der Waals surface area contributed by atoms with Gasteiger partial charge in [0.2, 0.25) is 0 Å². The number of hydrogen-bond donors (Lipinski definition) is 0. The van der Waals surface area contributed by atoms with Crippen molar-refractivity contribution in [3.63, 3.8) is 0 Å². The first-order valence-electron chi connectivity index (χ1n) is 8.32. The van der Waals surface area contributed by atoms with Crippen molar-refractivity contribution in [2.45, 2.75) is 25.7 Å². The molecule has 138 valence electrons. The van der Waals surface area contributed by atoms with Gasteiger partial charge in [-0.3, -0.25) is 4.79 Å². The predicted octanol–water partition coefficient (Wildman–Crippen LogP) is 3.75. The van der Waals surface area contributed by atoms with Gasteiger partial charge >= 0.3 is 0 Å². The van der Waals surface area contributed by atoms with Crippen LogP contribution in [-0.4, -0.2) is 36.8 Å². The maximum absolute atomic E-state index is 13.2. The minimum atomic E-state index is -0.596. The monoisotopic (exact) mass is 363 g/mol. The van der Waals surface area contributed by atoms with Crippen molar-refractivity contribution in [1.82, 2.24) is 4.90 Å². The zero-order valence-corrected chi connectivity index (χ0v) is 16.3. The van der Waals surface area contributed by atoms with Crippen molar-refractivity contribution in [1.29, 1.82) is 0 Å². The molecule has 0 amide bonds. The third-order valence-electron chi connectivity index (χ3n) is 4.60. The van der Waals surface area contributed by atoms with Crippen LogP contribution in [0.5, 0.6) is 0 Å². The summed E-state index contributed by atoms with van der Waals surface area (Å²) in [5.74, 6) is 0.457. The zero-order chi connectivity index (χ0) is 16.9. The summed E-state index contributed by atoms with van der Waals surface area (Å²) in [4.78, 5) is 15.4. The molecule has 0 aliphatic heterocycles. The Labute approximate surface area is 157 Å². The highest BCUT2D eigenvalue weighted by molar-refractivity contribution is 5.94. The quantitative estimate of drug-likeness (QED) is 0.752. The van der Waals surface area contributed by atoms with Crippen LogP contribution in [0.15, 0.2) is 60.7 Å². The van der Waals surface area contributed by atoms with Crippen molar-refractivity contribution in [2.24, 2.45) is 5.92 Å². The summed E-state index contributed by atoms with van der Waals surface area (Å²) >= 11 is 0. The van der Waals surface area contributed by atoms with Crippen LogP contribution in [0.1, 0.15) is 31.4 Å². The average molecular weight is 364 g/mol. The van der Waals surface area contributed by atoms with E-state index in [0.717, 1.165) is 17.7 Å². The number of rotatable bonds is 7. The van der Waals surface area contributed by atoms with Crippen LogP contribution in [0.4, 0.5) is 0 Å². The van der Waals surface area contributed by atoms with Gasteiger partial charge in [0.15, 0.2) is 0 Å². The number of nitrogens with zero attached hydrogens (tertiary/aromatic N) is 1. The summed E-state index contributed by atoms with van der Waals surface area (Å²) in [6, 6.07) is 20.5. The van der Waals surface area contributed by atoms with E-state index in [-0.39, 0.29) is 29.6 Å². The van der Waals surface area contributed by atoms with E-state index >= 15 is 0 Å². The molecule has 0 saturated heterocycles. The molecule has 2 aromatic rings. The fraction of sp³-hybridized carbons (Fsp3) is 0.381. The van der Waals surface area contributed by atoms with E-state index in [1.165, 1.54) is 0 Å². The highest BCUT2D eigenvalue weighted by atomic mass is 35.5. The molecule has 0 heterocycles. The molecule has 3 nitrogen and oxygen atoms in total. The molecule has 25 heavy (non-hydrogen) atoms. The highest BCUT2D eigenvalue weighted by Gasteiger charge is 2.45. The SMILES string of the molecule is CCC(=O)C(c1ccccc1)(c1ccccc1)[C@@H](C)CN(C)C.Cl.O. The van der Waals surface area contributed by atoms with Gasteiger partial charge in [-0.1, -0.05) is 74.5 Å². The van der Waals surface area contributed by atoms with Gasteiger partial charge in [0.1, 0.15) is 5.78 Å². The lowest BCUT2D eigenvalue weighted by atomic mass is 9.63. The Bertz CT molecular complexity index is 589. The molecule has 0 fully saturated rings. The van der Waals surface area contributed by atoms with Crippen LogP contribution in [0.3, 0.4) is 0 Å². The number of carbonyl (C=O) groups excluding carboxylic acids is 1. The Kier molecular flexibility index (Phi) is 9.65. The first kappa shape index (κ1) is 23.3. The van der Waals surface area contributed by atoms with E-state index in [1.807, 2.05) is 43.3 Å². The number of hydrogen-bond acceptors (Lipinski definition) is 2. The topological polar surface area (TPSA) is 51.8 Å². The zero-order valence-electron chi connectivity index (χ0n) is 15.5. The first-order valence-corrected chi connectivity index (χ1v) is 8.32. The lowest BCUT2D eigenvalue weighted by Crippen LogP contribution is -2.46. The lowest BCUT2D eigenvalue weighted by Gasteiger charge is -2.40. The Balaban J connectivity index is 0.00000288. The van der Waals surface area contributed by atoms with Crippen LogP contribution in [0, 0.1) is 5.92 Å². The summed E-state index contributed by atoms with van der Waals surface area (Å²) < 4.78 is 0. The molecule has 0 unspecified atom stereocenters. The number of Topliss-reactive ketones (excluding diaryl/α,β-unsaturated/α-hetero) is 1. The summed E-state index contributed by atoms with van der Waals surface area (Å²) in [7, 11) is 4.13. The van der Waals surface area contributed by atoms with E-state index < -0.39 is 5.41 Å². The Hall–Kier alpha value is -1.68. The fourth-order valence-corrected chi connectivity index (χ4v) is 3.70. The second-order valence-electron chi connectivity index (χ2n) is 6.48. The van der Waals surface area contributed by atoms with E-state index in [4.69, 9.17) is 0 Å². The van der Waals surface area contributed by atoms with E-state index in [1.54, 1.807) is 0 Å². The van der Waals surface area contributed by atoms with E-state index in [9.17, 15) is 4.79 Å². The molecule has 2 rings (SSSR count). The smallest absolute Gasteiger partial charge is 0.147 e. The Morgan fingerprint density at radius 2 is 1.36 bits per heavy atom. The van der Waals surface area contributed by atoms with Crippen molar-refractivity contribution in [2.75, 3.05) is 20.6 Å². The molecule has 0 spiro atoms. The van der Waals surface area contributed by atoms with E-state index in [2.05, 4.69) is 50.2 Å². The van der Waals surface area contributed by atoms with Gasteiger partial charge in [0, 0.05) is 13.0 Å². The van der Waals surface area contributed by atoms with Crippen molar-refractivity contribution >= 4 is 18.2 Å². The molecule has 0 aliphatic carbocycles. The van der Waals surface area contributed by atoms with Crippen LogP contribution in [0.25, 0.3) is 0 Å². The Morgan fingerprint density at radius 3 is 1.68 bits per heavy atom. The Morgan fingerprint density at radius 1 is 0.960 bits per heavy atom. The van der Waals surface area contributed by atoms with Crippen molar-refractivity contribution in [3.05, 3.63) is 71.8 Å². The van der Waals surface area contributed by atoms with Gasteiger partial charge in [-0.2, -0.15) is 0 Å². The molecule has 0 aliphatic rings. The van der Waals surface area contributed by atoms with Crippen LogP contribution >= 0.6 is 12.4 Å². The molecular weight excluding hydrogens is 334 g/mol. The number of halogens is 1. The molecular formula is C21H30ClNO2. The highest BCUT2D eigenvalue weighted by Crippen LogP contribution is 2.41. The van der Waals surface area contributed by atoms with Gasteiger partial charge in [-0.25, -0.2) is 0 Å². The van der Waals surface area contributed by atoms with Crippen molar-refractivity contribution < 1.29 is 10.3 Å². The number of carbonyl (C=O) groups is 1. The van der Waals surface area contributed by atoms with Crippen LogP contribution < -0.4 is 0 Å². The number of ketones is 1. The number of benzene rings is 2. The fourth-order valence-electron chi connectivity index (χ4n) is 3.70. The summed E-state index contributed by atoms with van der Waals surface area (Å²) in [6.07, 6.45) is 0.529. The first-order chi connectivity index (χ1) is 11.0. The predicted molar refractivity (Wildman–Crippen MR) is 108 cm³/mol. The van der Waals surface area contributed by atoms with Gasteiger partial charge in [-0.15, -0.1) is 12.4 Å². The normalized spacial score (nSPS) is 12.0. The minimum Gasteiger partial charge on any atom is -0.412 e. The third-order valence-corrected chi connectivity index (χ3v) is 4.60. The lowest BCUT2D eigenvalue weighted by molar-refractivity contribution is -0.124. The van der Waals surface area contributed by atoms with E-state index in [0.29, 0.717) is 6.42 Å².